The fourth-order valence-electron chi connectivity index (χ4n) is 1.92. The number of benzene rings is 2. The van der Waals surface area contributed by atoms with E-state index in [4.69, 9.17) is 0 Å². The molecule has 0 aliphatic rings. The van der Waals surface area contributed by atoms with Crippen LogP contribution in [0.15, 0.2) is 42.5 Å². The lowest BCUT2D eigenvalue weighted by atomic mass is 10.1. The SMILES string of the molecule is COC(=O)c1cccc(NC(=O)c2ccc(F)cc2C)c1. The highest BCUT2D eigenvalue weighted by molar-refractivity contribution is 6.05. The Morgan fingerprint density at radius 3 is 2.57 bits per heavy atom. The Balaban J connectivity index is 2.21. The van der Waals surface area contributed by atoms with Crippen molar-refractivity contribution in [2.24, 2.45) is 0 Å². The van der Waals surface area contributed by atoms with Gasteiger partial charge in [0.2, 0.25) is 0 Å². The van der Waals surface area contributed by atoms with Crippen LogP contribution in [0.4, 0.5) is 10.1 Å². The molecule has 0 aliphatic carbocycles. The standard InChI is InChI=1S/C16H14FNO3/c1-10-8-12(17)6-7-14(10)15(19)18-13-5-3-4-11(9-13)16(20)21-2/h3-9H,1-2H3,(H,18,19). The van der Waals surface area contributed by atoms with Crippen molar-refractivity contribution >= 4 is 17.6 Å². The van der Waals surface area contributed by atoms with Crippen molar-refractivity contribution in [2.45, 2.75) is 6.92 Å². The van der Waals surface area contributed by atoms with Crippen LogP contribution in [0, 0.1) is 12.7 Å². The molecule has 0 aliphatic heterocycles. The summed E-state index contributed by atoms with van der Waals surface area (Å²) in [4.78, 5) is 23.6. The van der Waals surface area contributed by atoms with E-state index in [0.29, 0.717) is 22.4 Å². The molecule has 5 heteroatoms. The third-order valence-corrected chi connectivity index (χ3v) is 2.97. The maximum absolute atomic E-state index is 13.0. The van der Waals surface area contributed by atoms with Gasteiger partial charge in [0.1, 0.15) is 5.82 Å². The Bertz CT molecular complexity index is 698. The fourth-order valence-corrected chi connectivity index (χ4v) is 1.92. The molecule has 0 fully saturated rings. The predicted octanol–water partition coefficient (Wildman–Crippen LogP) is 3.17. The van der Waals surface area contributed by atoms with E-state index in [1.807, 2.05) is 0 Å². The first-order valence-corrected chi connectivity index (χ1v) is 6.27. The Morgan fingerprint density at radius 1 is 1.14 bits per heavy atom. The van der Waals surface area contributed by atoms with Crippen molar-refractivity contribution in [1.82, 2.24) is 0 Å². The van der Waals surface area contributed by atoms with Gasteiger partial charge in [0.15, 0.2) is 0 Å². The molecule has 21 heavy (non-hydrogen) atoms. The zero-order valence-electron chi connectivity index (χ0n) is 11.6. The molecule has 0 saturated carbocycles. The molecule has 4 nitrogen and oxygen atoms in total. The molecular weight excluding hydrogens is 273 g/mol. The molecular formula is C16H14FNO3. The quantitative estimate of drug-likeness (QED) is 0.882. The third kappa shape index (κ3) is 3.45. The Hall–Kier alpha value is -2.69. The molecule has 1 amide bonds. The number of esters is 1. The van der Waals surface area contributed by atoms with E-state index in [1.54, 1.807) is 25.1 Å². The van der Waals surface area contributed by atoms with Crippen LogP contribution in [0.5, 0.6) is 0 Å². The fraction of sp³-hybridized carbons (Fsp3) is 0.125. The first-order valence-electron chi connectivity index (χ1n) is 6.27. The van der Waals surface area contributed by atoms with Crippen LogP contribution in [0.1, 0.15) is 26.3 Å². The van der Waals surface area contributed by atoms with Gasteiger partial charge in [0.25, 0.3) is 5.91 Å². The number of amides is 1. The van der Waals surface area contributed by atoms with Crippen molar-refractivity contribution in [3.8, 4) is 0 Å². The zero-order valence-corrected chi connectivity index (χ0v) is 11.6. The number of rotatable bonds is 3. The number of nitrogens with one attached hydrogen (secondary N) is 1. The number of aryl methyl sites for hydroxylation is 1. The van der Waals surface area contributed by atoms with E-state index in [9.17, 15) is 14.0 Å². The summed E-state index contributed by atoms with van der Waals surface area (Å²) >= 11 is 0. The van der Waals surface area contributed by atoms with E-state index in [2.05, 4.69) is 10.1 Å². The zero-order chi connectivity index (χ0) is 15.4. The topological polar surface area (TPSA) is 55.4 Å². The Labute approximate surface area is 121 Å². The minimum Gasteiger partial charge on any atom is -0.465 e. The summed E-state index contributed by atoms with van der Waals surface area (Å²) in [5.41, 5.74) is 1.72. The van der Waals surface area contributed by atoms with E-state index >= 15 is 0 Å². The molecule has 0 bridgehead atoms. The first kappa shape index (κ1) is 14.7. The Kier molecular flexibility index (Phi) is 4.33. The smallest absolute Gasteiger partial charge is 0.337 e. The van der Waals surface area contributed by atoms with Crippen LogP contribution in [0.3, 0.4) is 0 Å². The van der Waals surface area contributed by atoms with E-state index in [-0.39, 0.29) is 5.91 Å². The van der Waals surface area contributed by atoms with Gasteiger partial charge in [-0.3, -0.25) is 4.79 Å². The minimum atomic E-state index is -0.482. The maximum atomic E-state index is 13.0. The highest BCUT2D eigenvalue weighted by Crippen LogP contribution is 2.15. The molecule has 0 aromatic heterocycles. The second-order valence-corrected chi connectivity index (χ2v) is 4.49. The van der Waals surface area contributed by atoms with E-state index in [1.165, 1.54) is 31.4 Å². The summed E-state index contributed by atoms with van der Waals surface area (Å²) < 4.78 is 17.7. The molecule has 0 radical (unpaired) electrons. The number of hydrogen-bond acceptors (Lipinski definition) is 3. The van der Waals surface area contributed by atoms with Gasteiger partial charge < -0.3 is 10.1 Å². The minimum absolute atomic E-state index is 0.339. The summed E-state index contributed by atoms with van der Waals surface area (Å²) in [5, 5.41) is 2.67. The molecule has 0 atom stereocenters. The molecule has 0 unspecified atom stereocenters. The summed E-state index contributed by atoms with van der Waals surface area (Å²) in [5.74, 6) is -1.24. The average molecular weight is 287 g/mol. The molecule has 0 saturated heterocycles. The number of methoxy groups -OCH3 is 1. The first-order chi connectivity index (χ1) is 10.0. The van der Waals surface area contributed by atoms with Crippen LogP contribution in [0.2, 0.25) is 0 Å². The molecule has 2 rings (SSSR count). The summed E-state index contributed by atoms with van der Waals surface area (Å²) in [6.45, 7) is 1.66. The van der Waals surface area contributed by atoms with Gasteiger partial charge in [-0.05, 0) is 48.9 Å². The van der Waals surface area contributed by atoms with Crippen molar-refractivity contribution in [2.75, 3.05) is 12.4 Å². The lowest BCUT2D eigenvalue weighted by Crippen LogP contribution is -2.14. The normalized spacial score (nSPS) is 10.0. The highest BCUT2D eigenvalue weighted by atomic mass is 19.1. The van der Waals surface area contributed by atoms with Crippen LogP contribution < -0.4 is 5.32 Å². The van der Waals surface area contributed by atoms with Gasteiger partial charge in [-0.25, -0.2) is 9.18 Å². The summed E-state index contributed by atoms with van der Waals surface area (Å²) in [7, 11) is 1.29. The molecule has 2 aromatic carbocycles. The largest absolute Gasteiger partial charge is 0.465 e. The third-order valence-electron chi connectivity index (χ3n) is 2.97. The van der Waals surface area contributed by atoms with Crippen LogP contribution in [0.25, 0.3) is 0 Å². The monoisotopic (exact) mass is 287 g/mol. The van der Waals surface area contributed by atoms with E-state index in [0.717, 1.165) is 0 Å². The van der Waals surface area contributed by atoms with Gasteiger partial charge in [-0.15, -0.1) is 0 Å². The average Bonchev–Trinajstić information content (AvgIpc) is 2.46. The number of ether oxygens (including phenoxy) is 1. The predicted molar refractivity (Wildman–Crippen MR) is 76.9 cm³/mol. The summed E-state index contributed by atoms with van der Waals surface area (Å²) in [6, 6.07) is 10.3. The van der Waals surface area contributed by atoms with Crippen molar-refractivity contribution in [3.63, 3.8) is 0 Å². The van der Waals surface area contributed by atoms with Crippen LogP contribution in [-0.2, 0) is 4.74 Å². The number of anilines is 1. The number of carbonyl (C=O) groups is 2. The molecule has 108 valence electrons. The summed E-state index contributed by atoms with van der Waals surface area (Å²) in [6.07, 6.45) is 0. The van der Waals surface area contributed by atoms with Gasteiger partial charge in [-0.2, -0.15) is 0 Å². The number of halogens is 1. The number of carbonyl (C=O) groups excluding carboxylic acids is 2. The molecule has 2 aromatic rings. The molecule has 0 heterocycles. The van der Waals surface area contributed by atoms with Gasteiger partial charge >= 0.3 is 5.97 Å². The van der Waals surface area contributed by atoms with E-state index < -0.39 is 11.8 Å². The molecule has 1 N–H and O–H groups in total. The lowest BCUT2D eigenvalue weighted by molar-refractivity contribution is 0.0600. The van der Waals surface area contributed by atoms with Gasteiger partial charge in [0, 0.05) is 11.3 Å². The van der Waals surface area contributed by atoms with Crippen molar-refractivity contribution in [3.05, 3.63) is 65.0 Å². The van der Waals surface area contributed by atoms with Gasteiger partial charge in [0.05, 0.1) is 12.7 Å². The van der Waals surface area contributed by atoms with Crippen molar-refractivity contribution < 1.29 is 18.7 Å². The second kappa shape index (κ2) is 6.17. The lowest BCUT2D eigenvalue weighted by Gasteiger charge is -2.08. The van der Waals surface area contributed by atoms with Gasteiger partial charge in [-0.1, -0.05) is 6.07 Å². The second-order valence-electron chi connectivity index (χ2n) is 4.49. The Morgan fingerprint density at radius 2 is 1.90 bits per heavy atom. The van der Waals surface area contributed by atoms with Crippen molar-refractivity contribution in [1.29, 1.82) is 0 Å². The van der Waals surface area contributed by atoms with Crippen LogP contribution >= 0.6 is 0 Å². The number of hydrogen-bond donors (Lipinski definition) is 1. The van der Waals surface area contributed by atoms with Crippen LogP contribution in [-0.4, -0.2) is 19.0 Å². The highest BCUT2D eigenvalue weighted by Gasteiger charge is 2.11. The maximum Gasteiger partial charge on any atom is 0.337 e. The molecule has 0 spiro atoms.